The highest BCUT2D eigenvalue weighted by molar-refractivity contribution is 5.92. The Morgan fingerprint density at radius 3 is 2.56 bits per heavy atom. The number of amides is 1. The van der Waals surface area contributed by atoms with Gasteiger partial charge in [-0.2, -0.15) is 13.2 Å². The smallest absolute Gasteiger partial charge is 0.273 e. The lowest BCUT2D eigenvalue weighted by Crippen LogP contribution is -2.39. The fraction of sp³-hybridized carbons (Fsp3) is 0.300. The van der Waals surface area contributed by atoms with E-state index in [1.165, 1.54) is 12.1 Å². The Hall–Kier alpha value is -1.56. The van der Waals surface area contributed by atoms with Crippen molar-refractivity contribution in [3.05, 3.63) is 29.8 Å². The molecule has 0 aliphatic rings. The van der Waals surface area contributed by atoms with Crippen LogP contribution in [0, 0.1) is 6.92 Å². The summed E-state index contributed by atoms with van der Waals surface area (Å²) >= 11 is 0. The second kappa shape index (κ2) is 4.52. The second-order valence-electron chi connectivity index (χ2n) is 3.39. The van der Waals surface area contributed by atoms with Crippen LogP contribution >= 0.6 is 0 Å². The molecule has 0 saturated carbocycles. The van der Waals surface area contributed by atoms with Gasteiger partial charge in [0.2, 0.25) is 5.91 Å². The first kappa shape index (κ1) is 12.5. The number of rotatable bonds is 2. The molecule has 0 aliphatic carbocycles. The molecule has 0 unspecified atom stereocenters. The average Bonchev–Trinajstić information content (AvgIpc) is 2.14. The summed E-state index contributed by atoms with van der Waals surface area (Å²) in [5, 5.41) is 0.514. The van der Waals surface area contributed by atoms with Gasteiger partial charge in [0.15, 0.2) is 0 Å². The first-order valence-electron chi connectivity index (χ1n) is 4.50. The number of hydrazine groups is 1. The van der Waals surface area contributed by atoms with Crippen molar-refractivity contribution in [2.24, 2.45) is 5.84 Å². The predicted octanol–water partition coefficient (Wildman–Crippen LogP) is 2.15. The van der Waals surface area contributed by atoms with E-state index in [4.69, 9.17) is 5.84 Å². The van der Waals surface area contributed by atoms with E-state index in [-0.39, 0.29) is 5.69 Å². The summed E-state index contributed by atoms with van der Waals surface area (Å²) in [5.74, 6) is 4.12. The van der Waals surface area contributed by atoms with Crippen LogP contribution in [0.2, 0.25) is 0 Å². The largest absolute Gasteiger partial charge is 0.397 e. The predicted molar refractivity (Wildman–Crippen MR) is 53.5 cm³/mol. The second-order valence-corrected chi connectivity index (χ2v) is 3.39. The third-order valence-corrected chi connectivity index (χ3v) is 1.90. The molecule has 0 heterocycles. The maximum Gasteiger partial charge on any atom is 0.397 e. The van der Waals surface area contributed by atoms with Crippen LogP contribution in [0.3, 0.4) is 0 Å². The van der Waals surface area contributed by atoms with Gasteiger partial charge in [0.25, 0.3) is 0 Å². The van der Waals surface area contributed by atoms with Crippen LogP contribution in [0.4, 0.5) is 18.9 Å². The maximum atomic E-state index is 12.0. The molecule has 0 atom stereocenters. The quantitative estimate of drug-likeness (QED) is 0.482. The van der Waals surface area contributed by atoms with Crippen LogP contribution in [0.15, 0.2) is 24.3 Å². The summed E-state index contributed by atoms with van der Waals surface area (Å²) in [4.78, 5) is 11.2. The topological polar surface area (TPSA) is 46.3 Å². The molecular weight excluding hydrogens is 221 g/mol. The minimum Gasteiger partial charge on any atom is -0.273 e. The van der Waals surface area contributed by atoms with Crippen LogP contribution in [0.25, 0.3) is 0 Å². The molecule has 0 fully saturated rings. The summed E-state index contributed by atoms with van der Waals surface area (Å²) in [7, 11) is 0. The van der Waals surface area contributed by atoms with Crippen molar-refractivity contribution in [1.82, 2.24) is 0 Å². The molecule has 3 nitrogen and oxygen atoms in total. The Labute approximate surface area is 90.6 Å². The molecule has 88 valence electrons. The number of carbonyl (C=O) groups is 1. The van der Waals surface area contributed by atoms with Gasteiger partial charge in [0.1, 0.15) is 6.42 Å². The van der Waals surface area contributed by atoms with Crippen molar-refractivity contribution in [3.63, 3.8) is 0 Å². The molecule has 2 N–H and O–H groups in total. The van der Waals surface area contributed by atoms with Gasteiger partial charge in [0, 0.05) is 0 Å². The first-order valence-corrected chi connectivity index (χ1v) is 4.50. The number of anilines is 1. The monoisotopic (exact) mass is 232 g/mol. The molecule has 0 spiro atoms. The molecule has 1 aromatic rings. The van der Waals surface area contributed by atoms with E-state index in [9.17, 15) is 18.0 Å². The number of halogens is 3. The van der Waals surface area contributed by atoms with Crippen molar-refractivity contribution in [3.8, 4) is 0 Å². The van der Waals surface area contributed by atoms with Crippen molar-refractivity contribution >= 4 is 11.6 Å². The lowest BCUT2D eigenvalue weighted by atomic mass is 10.2. The van der Waals surface area contributed by atoms with Crippen LogP contribution in [-0.4, -0.2) is 12.1 Å². The van der Waals surface area contributed by atoms with E-state index in [1.54, 1.807) is 19.1 Å². The van der Waals surface area contributed by atoms with Gasteiger partial charge >= 0.3 is 6.18 Å². The standard InChI is InChI=1S/C10H11F3N2O/c1-7-3-2-4-8(5-7)15(14)9(16)6-10(11,12)13/h2-5H,6,14H2,1H3. The summed E-state index contributed by atoms with van der Waals surface area (Å²) in [6.07, 6.45) is -6.10. The van der Waals surface area contributed by atoms with E-state index in [1.807, 2.05) is 0 Å². The van der Waals surface area contributed by atoms with Crippen LogP contribution < -0.4 is 10.9 Å². The number of aryl methyl sites for hydroxylation is 1. The summed E-state index contributed by atoms with van der Waals surface area (Å²) in [5.41, 5.74) is 1.06. The Morgan fingerprint density at radius 1 is 1.44 bits per heavy atom. The average molecular weight is 232 g/mol. The first-order chi connectivity index (χ1) is 7.29. The minimum absolute atomic E-state index is 0.245. The summed E-state index contributed by atoms with van der Waals surface area (Å²) < 4.78 is 35.9. The maximum absolute atomic E-state index is 12.0. The van der Waals surface area contributed by atoms with Crippen molar-refractivity contribution in [2.75, 3.05) is 5.01 Å². The highest BCUT2D eigenvalue weighted by Gasteiger charge is 2.33. The zero-order chi connectivity index (χ0) is 12.3. The Morgan fingerprint density at radius 2 is 2.06 bits per heavy atom. The lowest BCUT2D eigenvalue weighted by Gasteiger charge is -2.17. The number of hydrogen-bond donors (Lipinski definition) is 1. The lowest BCUT2D eigenvalue weighted by molar-refractivity contribution is -0.151. The van der Waals surface area contributed by atoms with Gasteiger partial charge in [-0.15, -0.1) is 0 Å². The third kappa shape index (κ3) is 3.54. The van der Waals surface area contributed by atoms with E-state index in [0.29, 0.717) is 5.01 Å². The number of alkyl halides is 3. The summed E-state index contributed by atoms with van der Waals surface area (Å²) in [6, 6.07) is 6.38. The third-order valence-electron chi connectivity index (χ3n) is 1.90. The Balaban J connectivity index is 2.78. The number of nitrogens with two attached hydrogens (primary N) is 1. The van der Waals surface area contributed by atoms with E-state index >= 15 is 0 Å². The molecule has 0 aliphatic heterocycles. The zero-order valence-corrected chi connectivity index (χ0v) is 8.58. The van der Waals surface area contributed by atoms with Gasteiger partial charge in [-0.3, -0.25) is 4.79 Å². The number of hydrogen-bond acceptors (Lipinski definition) is 2. The van der Waals surface area contributed by atoms with Crippen molar-refractivity contribution < 1.29 is 18.0 Å². The van der Waals surface area contributed by atoms with Gasteiger partial charge < -0.3 is 0 Å². The molecule has 0 aromatic heterocycles. The van der Waals surface area contributed by atoms with Crippen LogP contribution in [0.1, 0.15) is 12.0 Å². The van der Waals surface area contributed by atoms with Gasteiger partial charge in [-0.25, -0.2) is 10.9 Å². The molecule has 1 aromatic carbocycles. The molecule has 6 heteroatoms. The van der Waals surface area contributed by atoms with Crippen molar-refractivity contribution in [1.29, 1.82) is 0 Å². The van der Waals surface area contributed by atoms with E-state index < -0.39 is 18.5 Å². The van der Waals surface area contributed by atoms with E-state index in [2.05, 4.69) is 0 Å². The van der Waals surface area contributed by atoms with Crippen LogP contribution in [-0.2, 0) is 4.79 Å². The molecular formula is C10H11F3N2O. The molecule has 0 bridgehead atoms. The van der Waals surface area contributed by atoms with Gasteiger partial charge in [-0.05, 0) is 24.6 Å². The van der Waals surface area contributed by atoms with E-state index in [0.717, 1.165) is 5.56 Å². The fourth-order valence-corrected chi connectivity index (χ4v) is 1.18. The Bertz CT molecular complexity index is 390. The number of carbonyl (C=O) groups excluding carboxylic acids is 1. The molecule has 1 amide bonds. The SMILES string of the molecule is Cc1cccc(N(N)C(=O)CC(F)(F)F)c1. The normalized spacial score (nSPS) is 11.3. The number of benzene rings is 1. The molecule has 1 rings (SSSR count). The molecule has 16 heavy (non-hydrogen) atoms. The zero-order valence-electron chi connectivity index (χ0n) is 8.58. The van der Waals surface area contributed by atoms with Crippen molar-refractivity contribution in [2.45, 2.75) is 19.5 Å². The minimum atomic E-state index is -4.54. The molecule has 0 radical (unpaired) electrons. The highest BCUT2D eigenvalue weighted by atomic mass is 19.4. The van der Waals surface area contributed by atoms with Gasteiger partial charge in [0.05, 0.1) is 5.69 Å². The van der Waals surface area contributed by atoms with Gasteiger partial charge in [-0.1, -0.05) is 12.1 Å². The number of nitrogens with zero attached hydrogens (tertiary/aromatic N) is 1. The highest BCUT2D eigenvalue weighted by Crippen LogP contribution is 2.22. The fourth-order valence-electron chi connectivity index (χ4n) is 1.18. The molecule has 0 saturated heterocycles. The van der Waals surface area contributed by atoms with Crippen LogP contribution in [0.5, 0.6) is 0 Å². The summed E-state index contributed by atoms with van der Waals surface area (Å²) in [6.45, 7) is 1.76. The Kier molecular flexibility index (Phi) is 3.54.